The monoisotopic (exact) mass is 392 g/mol. The quantitative estimate of drug-likeness (QED) is 0.293. The van der Waals surface area contributed by atoms with Crippen LogP contribution in [0.4, 0.5) is 5.69 Å². The Hall–Kier alpha value is -2.99. The lowest BCUT2D eigenvalue weighted by atomic mass is 9.96. The van der Waals surface area contributed by atoms with Crippen molar-refractivity contribution in [3.8, 4) is 16.9 Å². The molecule has 0 atom stereocenters. The van der Waals surface area contributed by atoms with Crippen LogP contribution >= 0.6 is 11.3 Å². The summed E-state index contributed by atoms with van der Waals surface area (Å²) in [6.07, 6.45) is 3.34. The molecule has 4 rings (SSSR count). The summed E-state index contributed by atoms with van der Waals surface area (Å²) in [7, 11) is 0. The highest BCUT2D eigenvalue weighted by Gasteiger charge is 2.16. The van der Waals surface area contributed by atoms with E-state index in [1.165, 1.54) is 11.3 Å². The van der Waals surface area contributed by atoms with Crippen molar-refractivity contribution in [2.24, 2.45) is 5.18 Å². The van der Waals surface area contributed by atoms with Gasteiger partial charge in [-0.3, -0.25) is 4.79 Å². The highest BCUT2D eigenvalue weighted by Crippen LogP contribution is 2.40. The minimum atomic E-state index is -0.119. The summed E-state index contributed by atoms with van der Waals surface area (Å²) in [4.78, 5) is 26.7. The van der Waals surface area contributed by atoms with Gasteiger partial charge >= 0.3 is 0 Å². The lowest BCUT2D eigenvalue weighted by Gasteiger charge is -2.11. The van der Waals surface area contributed by atoms with Crippen LogP contribution < -0.4 is 10.3 Å². The molecule has 0 aliphatic rings. The number of pyridine rings is 1. The number of rotatable bonds is 7. The molecular weight excluding hydrogens is 372 g/mol. The van der Waals surface area contributed by atoms with E-state index in [1.54, 1.807) is 12.1 Å². The van der Waals surface area contributed by atoms with Crippen LogP contribution in [0, 0.1) is 4.91 Å². The van der Waals surface area contributed by atoms with Crippen molar-refractivity contribution < 1.29 is 4.74 Å². The first-order valence-electron chi connectivity index (χ1n) is 9.35. The molecule has 0 radical (unpaired) electrons. The number of H-pyrrole nitrogens is 1. The predicted octanol–water partition coefficient (Wildman–Crippen LogP) is 6.38. The van der Waals surface area contributed by atoms with Crippen LogP contribution in [0.15, 0.2) is 57.8 Å². The summed E-state index contributed by atoms with van der Waals surface area (Å²) in [5.41, 5.74) is 2.51. The van der Waals surface area contributed by atoms with E-state index in [1.807, 2.05) is 35.7 Å². The highest BCUT2D eigenvalue weighted by atomic mass is 32.1. The van der Waals surface area contributed by atoms with E-state index in [-0.39, 0.29) is 5.56 Å². The fourth-order valence-corrected chi connectivity index (χ4v) is 4.26. The fraction of sp³-hybridized carbons (Fsp3) is 0.227. The Kier molecular flexibility index (Phi) is 5.21. The predicted molar refractivity (Wildman–Crippen MR) is 116 cm³/mol. The molecule has 0 amide bonds. The van der Waals surface area contributed by atoms with Gasteiger partial charge in [0.1, 0.15) is 16.1 Å². The molecular formula is C22H20N2O3S. The third-order valence-corrected chi connectivity index (χ3v) is 5.74. The molecule has 2 aromatic carbocycles. The number of hydrogen-bond donors (Lipinski definition) is 1. The van der Waals surface area contributed by atoms with E-state index in [0.717, 1.165) is 46.9 Å². The Morgan fingerprint density at radius 1 is 1.07 bits per heavy atom. The molecule has 0 fully saturated rings. The first-order chi connectivity index (χ1) is 13.7. The van der Waals surface area contributed by atoms with Crippen molar-refractivity contribution in [3.63, 3.8) is 0 Å². The molecule has 1 N–H and O–H groups in total. The number of nitrogens with zero attached hydrogens (tertiary/aromatic N) is 1. The van der Waals surface area contributed by atoms with Crippen LogP contribution in [-0.2, 0) is 0 Å². The van der Waals surface area contributed by atoms with Crippen LogP contribution in [0.1, 0.15) is 26.2 Å². The summed E-state index contributed by atoms with van der Waals surface area (Å²) >= 11 is 1.39. The number of nitroso groups, excluding NO2 is 1. The molecule has 0 saturated heterocycles. The van der Waals surface area contributed by atoms with Crippen molar-refractivity contribution in [2.45, 2.75) is 26.2 Å². The third-order valence-electron chi connectivity index (χ3n) is 4.83. The van der Waals surface area contributed by atoms with Gasteiger partial charge in [-0.25, -0.2) is 0 Å². The van der Waals surface area contributed by atoms with Gasteiger partial charge in [0.15, 0.2) is 0 Å². The van der Waals surface area contributed by atoms with E-state index in [9.17, 15) is 9.70 Å². The summed E-state index contributed by atoms with van der Waals surface area (Å²) < 4.78 is 6.43. The van der Waals surface area contributed by atoms with Gasteiger partial charge in [0.25, 0.3) is 5.56 Å². The van der Waals surface area contributed by atoms with Gasteiger partial charge in [-0.05, 0) is 52.9 Å². The number of aromatic amines is 1. The Morgan fingerprint density at radius 2 is 1.89 bits per heavy atom. The largest absolute Gasteiger partial charge is 0.494 e. The first kappa shape index (κ1) is 18.4. The van der Waals surface area contributed by atoms with E-state index in [2.05, 4.69) is 17.1 Å². The third kappa shape index (κ3) is 3.31. The molecule has 142 valence electrons. The molecule has 2 aromatic heterocycles. The Bertz CT molecular complexity index is 1190. The molecule has 28 heavy (non-hydrogen) atoms. The van der Waals surface area contributed by atoms with Crippen molar-refractivity contribution >= 4 is 38.0 Å². The zero-order valence-electron chi connectivity index (χ0n) is 15.5. The standard InChI is InChI=1S/C22H20N2O3S/c1-2-3-4-12-27-15-7-5-14(6-8-15)19-18(24-26)10-9-17-20(19)16-11-13-28-21(16)22(25)23-17/h5-11,13H,2-4,12H2,1H3,(H,23,25). The number of unbranched alkanes of at least 4 members (excludes halogenated alkanes) is 2. The topological polar surface area (TPSA) is 71.5 Å². The van der Waals surface area contributed by atoms with Crippen LogP contribution in [0.5, 0.6) is 5.75 Å². The second-order valence-electron chi connectivity index (χ2n) is 6.67. The minimum Gasteiger partial charge on any atom is -0.494 e. The number of benzene rings is 2. The molecule has 5 nitrogen and oxygen atoms in total. The highest BCUT2D eigenvalue weighted by molar-refractivity contribution is 7.17. The molecule has 4 aromatic rings. The second-order valence-corrected chi connectivity index (χ2v) is 7.59. The minimum absolute atomic E-state index is 0.119. The average molecular weight is 392 g/mol. The van der Waals surface area contributed by atoms with E-state index >= 15 is 0 Å². The van der Waals surface area contributed by atoms with E-state index in [0.29, 0.717) is 22.5 Å². The van der Waals surface area contributed by atoms with Crippen LogP contribution in [0.25, 0.3) is 32.1 Å². The van der Waals surface area contributed by atoms with Crippen LogP contribution in [0.3, 0.4) is 0 Å². The zero-order chi connectivity index (χ0) is 19.5. The molecule has 0 bridgehead atoms. The number of hydrogen-bond acceptors (Lipinski definition) is 5. The van der Waals surface area contributed by atoms with Crippen LogP contribution in [-0.4, -0.2) is 11.6 Å². The number of ether oxygens (including phenoxy) is 1. The molecule has 0 spiro atoms. The van der Waals surface area contributed by atoms with Gasteiger partial charge < -0.3 is 9.72 Å². The summed E-state index contributed by atoms with van der Waals surface area (Å²) in [5, 5.41) is 6.79. The van der Waals surface area contributed by atoms with Gasteiger partial charge in [0.2, 0.25) is 0 Å². The van der Waals surface area contributed by atoms with Gasteiger partial charge in [0, 0.05) is 21.9 Å². The summed E-state index contributed by atoms with van der Waals surface area (Å²) in [6.45, 7) is 2.86. The van der Waals surface area contributed by atoms with Crippen LogP contribution in [0.2, 0.25) is 0 Å². The van der Waals surface area contributed by atoms with Gasteiger partial charge in [-0.1, -0.05) is 31.9 Å². The molecule has 0 saturated carbocycles. The second kappa shape index (κ2) is 7.94. The fourth-order valence-electron chi connectivity index (χ4n) is 3.46. The summed E-state index contributed by atoms with van der Waals surface area (Å²) in [5.74, 6) is 0.801. The zero-order valence-corrected chi connectivity index (χ0v) is 16.3. The molecule has 0 unspecified atom stereocenters. The molecule has 0 aliphatic carbocycles. The average Bonchev–Trinajstić information content (AvgIpc) is 3.22. The normalized spacial score (nSPS) is 11.2. The smallest absolute Gasteiger partial charge is 0.266 e. The maximum Gasteiger partial charge on any atom is 0.266 e. The number of thiophene rings is 1. The first-order valence-corrected chi connectivity index (χ1v) is 10.2. The van der Waals surface area contributed by atoms with Gasteiger partial charge in [-0.2, -0.15) is 0 Å². The molecule has 2 heterocycles. The Labute approximate surface area is 166 Å². The maximum atomic E-state index is 12.3. The summed E-state index contributed by atoms with van der Waals surface area (Å²) in [6, 6.07) is 13.0. The van der Waals surface area contributed by atoms with Gasteiger partial charge in [0.05, 0.1) is 6.61 Å². The van der Waals surface area contributed by atoms with E-state index < -0.39 is 0 Å². The SMILES string of the molecule is CCCCCOc1ccc(-c2c(N=O)ccc3[nH]c(=O)c4sccc4c23)cc1. The van der Waals surface area contributed by atoms with Crippen molar-refractivity contribution in [3.05, 3.63) is 63.1 Å². The number of nitrogens with one attached hydrogen (secondary N) is 1. The lowest BCUT2D eigenvalue weighted by Crippen LogP contribution is -2.04. The van der Waals surface area contributed by atoms with Crippen molar-refractivity contribution in [1.29, 1.82) is 0 Å². The van der Waals surface area contributed by atoms with E-state index in [4.69, 9.17) is 4.74 Å². The van der Waals surface area contributed by atoms with Gasteiger partial charge in [-0.15, -0.1) is 16.2 Å². The number of fused-ring (bicyclic) bond motifs is 3. The lowest BCUT2D eigenvalue weighted by molar-refractivity contribution is 0.306. The van der Waals surface area contributed by atoms with Crippen molar-refractivity contribution in [1.82, 2.24) is 4.98 Å². The number of aromatic nitrogens is 1. The maximum absolute atomic E-state index is 12.3. The molecule has 6 heteroatoms. The Balaban J connectivity index is 1.82. The molecule has 0 aliphatic heterocycles. The Morgan fingerprint density at radius 3 is 2.64 bits per heavy atom. The van der Waals surface area contributed by atoms with Crippen molar-refractivity contribution in [2.75, 3.05) is 6.61 Å².